The minimum absolute atomic E-state index is 0.310. The summed E-state index contributed by atoms with van der Waals surface area (Å²) in [5.74, 6) is 0. The van der Waals surface area contributed by atoms with E-state index in [9.17, 15) is 9.60 Å². The average molecular weight is 187 g/mol. The molecule has 0 aliphatic carbocycles. The summed E-state index contributed by atoms with van der Waals surface area (Å²) < 4.78 is 18.6. The first-order valence-corrected chi connectivity index (χ1v) is 4.62. The predicted octanol–water partition coefficient (Wildman–Crippen LogP) is 0.708. The molecule has 13 heavy (non-hydrogen) atoms. The smallest absolute Gasteiger partial charge is 0.138 e. The van der Waals surface area contributed by atoms with Gasteiger partial charge >= 0.3 is 0 Å². The molecule has 1 rings (SSSR count). The van der Waals surface area contributed by atoms with Crippen molar-refractivity contribution < 1.29 is 14.3 Å². The number of halogens is 1. The number of hydrogen-bond donors (Lipinski definition) is 1. The van der Waals surface area contributed by atoms with Crippen molar-refractivity contribution in [2.24, 2.45) is 0 Å². The van der Waals surface area contributed by atoms with Crippen molar-refractivity contribution in [3.8, 4) is 0 Å². The van der Waals surface area contributed by atoms with Gasteiger partial charge in [0, 0.05) is 12.5 Å². The van der Waals surface area contributed by atoms with E-state index >= 15 is 0 Å². The lowest BCUT2D eigenvalue weighted by Gasteiger charge is -2.25. The minimum Gasteiger partial charge on any atom is -0.380 e. The molecule has 0 aromatic rings. The van der Waals surface area contributed by atoms with Crippen molar-refractivity contribution in [3.05, 3.63) is 0 Å². The van der Waals surface area contributed by atoms with Crippen molar-refractivity contribution in [1.82, 2.24) is 5.06 Å². The van der Waals surface area contributed by atoms with Gasteiger partial charge in [0.25, 0.3) is 0 Å². The Kier molecular flexibility index (Phi) is 3.70. The Morgan fingerprint density at radius 2 is 2.15 bits per heavy atom. The molecule has 2 radical (unpaired) electrons. The molecule has 1 fully saturated rings. The van der Waals surface area contributed by atoms with Gasteiger partial charge in [0.2, 0.25) is 0 Å². The molecule has 1 saturated heterocycles. The molecule has 1 N–H and O–H groups in total. The molecule has 1 aliphatic rings. The summed E-state index contributed by atoms with van der Waals surface area (Å²) in [7, 11) is 5.39. The normalized spacial score (nSPS) is 40.1. The van der Waals surface area contributed by atoms with Crippen LogP contribution in [-0.4, -0.2) is 49.0 Å². The number of ether oxygens (including phenoxy) is 1. The lowest BCUT2D eigenvalue weighted by Crippen LogP contribution is -2.44. The Bertz CT molecular complexity index is 172. The molecular weight excluding hydrogens is 172 g/mol. The summed E-state index contributed by atoms with van der Waals surface area (Å²) in [6, 6.07) is -1.53. The zero-order valence-electron chi connectivity index (χ0n) is 7.98. The van der Waals surface area contributed by atoms with E-state index in [4.69, 9.17) is 12.6 Å². The molecule has 0 aromatic heterocycles. The van der Waals surface area contributed by atoms with Crippen molar-refractivity contribution in [2.45, 2.75) is 44.6 Å². The van der Waals surface area contributed by atoms with Gasteiger partial charge in [-0.1, -0.05) is 13.8 Å². The van der Waals surface area contributed by atoms with Gasteiger partial charge in [-0.2, -0.15) is 5.06 Å². The maximum absolute atomic E-state index is 13.4. The molecule has 0 bridgehead atoms. The monoisotopic (exact) mass is 187 g/mol. The number of nitrogens with zero attached hydrogens (tertiary/aromatic N) is 1. The van der Waals surface area contributed by atoms with Gasteiger partial charge in [0.15, 0.2) is 0 Å². The van der Waals surface area contributed by atoms with Gasteiger partial charge in [-0.25, -0.2) is 4.39 Å². The highest BCUT2D eigenvalue weighted by atomic mass is 19.1. The van der Waals surface area contributed by atoms with E-state index < -0.39 is 18.2 Å². The number of hydroxylamine groups is 2. The van der Waals surface area contributed by atoms with E-state index in [0.29, 0.717) is 13.0 Å². The van der Waals surface area contributed by atoms with Gasteiger partial charge in [-0.3, -0.25) is 0 Å². The summed E-state index contributed by atoms with van der Waals surface area (Å²) in [4.78, 5) is 0. The van der Waals surface area contributed by atoms with Crippen LogP contribution in [0.3, 0.4) is 0 Å². The van der Waals surface area contributed by atoms with E-state index in [1.807, 2.05) is 6.92 Å². The second kappa shape index (κ2) is 4.40. The summed E-state index contributed by atoms with van der Waals surface area (Å²) in [6.45, 7) is 4.01. The molecular formula is C8H15BFNO2. The maximum atomic E-state index is 13.4. The fourth-order valence-corrected chi connectivity index (χ4v) is 1.66. The average Bonchev–Trinajstić information content (AvgIpc) is 2.42. The van der Waals surface area contributed by atoms with Crippen LogP contribution >= 0.6 is 0 Å². The Hall–Kier alpha value is -0.125. The molecule has 2 unspecified atom stereocenters. The molecule has 0 amide bonds. The third-order valence-electron chi connectivity index (χ3n) is 2.42. The Morgan fingerprint density at radius 1 is 1.54 bits per heavy atom. The number of likely N-dealkylation sites (N-methyl/N-ethyl adjacent to an activating group) is 1. The van der Waals surface area contributed by atoms with Crippen molar-refractivity contribution in [1.29, 1.82) is 0 Å². The number of hydrogen-bond acceptors (Lipinski definition) is 3. The number of rotatable bonds is 3. The van der Waals surface area contributed by atoms with Crippen LogP contribution in [0.4, 0.5) is 4.39 Å². The summed E-state index contributed by atoms with van der Waals surface area (Å²) in [5.41, 5.74) is 0. The highest BCUT2D eigenvalue weighted by molar-refractivity contribution is 6.11. The standard InChI is InChI=1S/C8H15BFNO2/c1-3-5-7(11(12)4-2)6(10)8(9)13-5/h5-8,12H,3-4H2,1-2H3/t5-,6?,7?,8-/m1/s1. The second-order valence-electron chi connectivity index (χ2n) is 3.24. The zero-order valence-corrected chi connectivity index (χ0v) is 7.98. The molecule has 3 nitrogen and oxygen atoms in total. The largest absolute Gasteiger partial charge is 0.380 e. The third-order valence-corrected chi connectivity index (χ3v) is 2.42. The lowest BCUT2D eigenvalue weighted by atomic mass is 9.92. The van der Waals surface area contributed by atoms with Crippen LogP contribution in [-0.2, 0) is 4.74 Å². The van der Waals surface area contributed by atoms with Crippen LogP contribution in [0, 0.1) is 0 Å². The van der Waals surface area contributed by atoms with Crippen LogP contribution in [0.15, 0.2) is 0 Å². The maximum Gasteiger partial charge on any atom is 0.138 e. The van der Waals surface area contributed by atoms with E-state index in [0.717, 1.165) is 5.06 Å². The van der Waals surface area contributed by atoms with Gasteiger partial charge in [0.05, 0.1) is 12.1 Å². The highest BCUT2D eigenvalue weighted by Gasteiger charge is 2.44. The van der Waals surface area contributed by atoms with Crippen molar-refractivity contribution in [3.63, 3.8) is 0 Å². The fraction of sp³-hybridized carbons (Fsp3) is 1.00. The van der Waals surface area contributed by atoms with Gasteiger partial charge in [-0.05, 0) is 6.42 Å². The number of alkyl halides is 1. The zero-order chi connectivity index (χ0) is 10.0. The Balaban J connectivity index is 2.67. The van der Waals surface area contributed by atoms with Crippen molar-refractivity contribution in [2.75, 3.05) is 6.54 Å². The second-order valence-corrected chi connectivity index (χ2v) is 3.24. The van der Waals surface area contributed by atoms with Gasteiger partial charge < -0.3 is 9.94 Å². The van der Waals surface area contributed by atoms with Crippen LogP contribution in [0.1, 0.15) is 20.3 Å². The first-order valence-electron chi connectivity index (χ1n) is 4.62. The SMILES string of the molecule is [B][C@@H]1O[C@H](CC)C(N(O)CC)C1F. The quantitative estimate of drug-likeness (QED) is 0.521. The first-order chi connectivity index (χ1) is 6.11. The molecule has 0 saturated carbocycles. The third kappa shape index (κ3) is 2.03. The van der Waals surface area contributed by atoms with E-state index in [1.54, 1.807) is 6.92 Å². The Morgan fingerprint density at radius 3 is 2.62 bits per heavy atom. The lowest BCUT2D eigenvalue weighted by molar-refractivity contribution is -0.147. The van der Waals surface area contributed by atoms with Crippen LogP contribution in [0.25, 0.3) is 0 Å². The van der Waals surface area contributed by atoms with Crippen molar-refractivity contribution >= 4 is 7.85 Å². The molecule has 1 heterocycles. The molecule has 0 spiro atoms. The molecule has 1 aliphatic heterocycles. The molecule has 74 valence electrons. The summed E-state index contributed by atoms with van der Waals surface area (Å²) >= 11 is 0. The van der Waals surface area contributed by atoms with Crippen LogP contribution in [0.2, 0.25) is 0 Å². The summed E-state index contributed by atoms with van der Waals surface area (Å²) in [5, 5.41) is 10.4. The Labute approximate surface area is 79.2 Å². The van der Waals surface area contributed by atoms with E-state index in [2.05, 4.69) is 0 Å². The minimum atomic E-state index is -1.31. The fourth-order valence-electron chi connectivity index (χ4n) is 1.66. The molecule has 0 aromatic carbocycles. The van der Waals surface area contributed by atoms with Crippen LogP contribution in [0.5, 0.6) is 0 Å². The molecule has 5 heteroatoms. The predicted molar refractivity (Wildman–Crippen MR) is 47.6 cm³/mol. The van der Waals surface area contributed by atoms with E-state index in [-0.39, 0.29) is 6.10 Å². The molecule has 4 atom stereocenters. The van der Waals surface area contributed by atoms with Crippen LogP contribution < -0.4 is 0 Å². The first kappa shape index (κ1) is 11.0. The topological polar surface area (TPSA) is 32.7 Å². The van der Waals surface area contributed by atoms with Gasteiger partial charge in [-0.15, -0.1) is 0 Å². The highest BCUT2D eigenvalue weighted by Crippen LogP contribution is 2.27. The van der Waals surface area contributed by atoms with Gasteiger partial charge in [0.1, 0.15) is 14.0 Å². The summed E-state index contributed by atoms with van der Waals surface area (Å²) in [6.07, 6.45) is -0.972. The van der Waals surface area contributed by atoms with E-state index in [1.165, 1.54) is 0 Å².